The maximum Gasteiger partial charge on any atom is 0.152 e. The molecule has 1 aliphatic heterocycles. The second-order valence-electron chi connectivity index (χ2n) is 4.98. The Labute approximate surface area is 121 Å². The molecule has 2 aromatic heterocycles. The van der Waals surface area contributed by atoms with Gasteiger partial charge in [0.05, 0.1) is 18.0 Å². The summed E-state index contributed by atoms with van der Waals surface area (Å²) in [5.41, 5.74) is 2.67. The number of aromatic nitrogens is 2. The number of ether oxygens (including phenoxy) is 1. The third-order valence-electron chi connectivity index (χ3n) is 3.74. The van der Waals surface area contributed by atoms with E-state index in [2.05, 4.69) is 20.3 Å². The number of nitrogens with two attached hydrogens (primary N) is 1. The van der Waals surface area contributed by atoms with E-state index in [0.717, 1.165) is 48.5 Å². The van der Waals surface area contributed by atoms with Crippen LogP contribution in [0.4, 0.5) is 5.82 Å². The molecule has 7 heteroatoms. The van der Waals surface area contributed by atoms with Crippen molar-refractivity contribution in [1.29, 1.82) is 0 Å². The van der Waals surface area contributed by atoms with Crippen molar-refractivity contribution in [3.63, 3.8) is 0 Å². The largest absolute Gasteiger partial charge is 0.381 e. The van der Waals surface area contributed by atoms with Gasteiger partial charge in [0.2, 0.25) is 0 Å². The highest BCUT2D eigenvalue weighted by molar-refractivity contribution is 7.16. The van der Waals surface area contributed by atoms with E-state index in [0.29, 0.717) is 11.9 Å². The van der Waals surface area contributed by atoms with Crippen LogP contribution in [0, 0.1) is 0 Å². The Morgan fingerprint density at radius 2 is 2.25 bits per heavy atom. The van der Waals surface area contributed by atoms with Gasteiger partial charge in [-0.3, -0.25) is 4.90 Å². The van der Waals surface area contributed by atoms with Gasteiger partial charge in [0.25, 0.3) is 0 Å². The van der Waals surface area contributed by atoms with Gasteiger partial charge in [0, 0.05) is 20.2 Å². The summed E-state index contributed by atoms with van der Waals surface area (Å²) in [5.74, 6) is 7.08. The summed E-state index contributed by atoms with van der Waals surface area (Å²) in [6.45, 7) is 2.81. The molecule has 3 heterocycles. The molecular weight excluding hydrogens is 274 g/mol. The van der Waals surface area contributed by atoms with Crippen molar-refractivity contribution in [2.75, 3.05) is 25.6 Å². The molecule has 0 radical (unpaired) electrons. The predicted octanol–water partition coefficient (Wildman–Crippen LogP) is 1.59. The number of methoxy groups -OCH3 is 1. The number of hydrogen-bond acceptors (Lipinski definition) is 7. The number of nitrogens with one attached hydrogen (secondary N) is 1. The zero-order valence-corrected chi connectivity index (χ0v) is 12.3. The lowest BCUT2D eigenvalue weighted by atomic mass is 10.1. The Kier molecular flexibility index (Phi) is 4.11. The first-order chi connectivity index (χ1) is 9.80. The molecular formula is C13H19N5OS. The van der Waals surface area contributed by atoms with E-state index in [-0.39, 0.29) is 0 Å². The van der Waals surface area contributed by atoms with Crippen molar-refractivity contribution < 1.29 is 4.74 Å². The summed E-state index contributed by atoms with van der Waals surface area (Å²) in [7, 11) is 1.79. The van der Waals surface area contributed by atoms with Crippen LogP contribution in [0.25, 0.3) is 10.2 Å². The Bertz CT molecular complexity index is 579. The fraction of sp³-hybridized carbons (Fsp3) is 0.538. The molecule has 0 bridgehead atoms. The number of nitrogens with zero attached hydrogens (tertiary/aromatic N) is 3. The molecule has 1 aliphatic rings. The molecule has 108 valence electrons. The summed E-state index contributed by atoms with van der Waals surface area (Å²) >= 11 is 1.61. The van der Waals surface area contributed by atoms with Gasteiger partial charge in [-0.15, -0.1) is 11.3 Å². The van der Waals surface area contributed by atoms with Crippen molar-refractivity contribution in [2.24, 2.45) is 5.84 Å². The van der Waals surface area contributed by atoms with E-state index in [9.17, 15) is 0 Å². The first-order valence-electron chi connectivity index (χ1n) is 6.76. The molecule has 0 spiro atoms. The summed E-state index contributed by atoms with van der Waals surface area (Å²) < 4.78 is 5.39. The lowest BCUT2D eigenvalue weighted by Gasteiger charge is -2.30. The van der Waals surface area contributed by atoms with Crippen molar-refractivity contribution in [3.05, 3.63) is 17.3 Å². The van der Waals surface area contributed by atoms with Gasteiger partial charge in [0.1, 0.15) is 10.7 Å². The fourth-order valence-corrected chi connectivity index (χ4v) is 3.37. The molecule has 0 atom stereocenters. The van der Waals surface area contributed by atoms with Crippen LogP contribution < -0.4 is 11.3 Å². The number of nitrogen functional groups attached to an aromatic ring is 1. The molecule has 3 N–H and O–H groups in total. The Morgan fingerprint density at radius 3 is 2.95 bits per heavy atom. The maximum atomic E-state index is 5.55. The zero-order chi connectivity index (χ0) is 13.9. The van der Waals surface area contributed by atoms with E-state index in [4.69, 9.17) is 10.6 Å². The normalized spacial score (nSPS) is 17.7. The second-order valence-corrected chi connectivity index (χ2v) is 5.88. The van der Waals surface area contributed by atoms with E-state index in [1.54, 1.807) is 18.4 Å². The van der Waals surface area contributed by atoms with Gasteiger partial charge >= 0.3 is 0 Å². The van der Waals surface area contributed by atoms with Gasteiger partial charge in [-0.1, -0.05) is 0 Å². The molecule has 0 amide bonds. The average Bonchev–Trinajstić information content (AvgIpc) is 2.95. The van der Waals surface area contributed by atoms with Gasteiger partial charge < -0.3 is 10.2 Å². The first-order valence-corrected chi connectivity index (χ1v) is 7.64. The van der Waals surface area contributed by atoms with E-state index in [1.165, 1.54) is 0 Å². The summed E-state index contributed by atoms with van der Waals surface area (Å²) in [5, 5.41) is 2.99. The van der Waals surface area contributed by atoms with Crippen LogP contribution >= 0.6 is 11.3 Å². The lowest BCUT2D eigenvalue weighted by molar-refractivity contribution is 0.0382. The van der Waals surface area contributed by atoms with Crippen molar-refractivity contribution in [3.8, 4) is 0 Å². The van der Waals surface area contributed by atoms with Crippen molar-refractivity contribution >= 4 is 27.4 Å². The number of fused-ring (bicyclic) bond motifs is 1. The van der Waals surface area contributed by atoms with Gasteiger partial charge in [0.15, 0.2) is 5.82 Å². The number of anilines is 1. The highest BCUT2D eigenvalue weighted by atomic mass is 32.1. The molecule has 1 fully saturated rings. The summed E-state index contributed by atoms with van der Waals surface area (Å²) in [4.78, 5) is 12.5. The molecule has 2 aromatic rings. The molecule has 0 aromatic carbocycles. The number of thiophene rings is 1. The predicted molar refractivity (Wildman–Crippen MR) is 80.5 cm³/mol. The lowest BCUT2D eigenvalue weighted by Crippen LogP contribution is -2.36. The Hall–Kier alpha value is -1.28. The number of rotatable bonds is 4. The Morgan fingerprint density at radius 1 is 1.45 bits per heavy atom. The highest BCUT2D eigenvalue weighted by Crippen LogP contribution is 2.25. The highest BCUT2D eigenvalue weighted by Gasteiger charge is 2.20. The molecule has 0 unspecified atom stereocenters. The van der Waals surface area contributed by atoms with E-state index < -0.39 is 0 Å². The minimum Gasteiger partial charge on any atom is -0.381 e. The van der Waals surface area contributed by atoms with Crippen LogP contribution in [-0.4, -0.2) is 41.2 Å². The third kappa shape index (κ3) is 2.76. The van der Waals surface area contributed by atoms with E-state index in [1.807, 2.05) is 11.4 Å². The van der Waals surface area contributed by atoms with Crippen LogP contribution in [0.5, 0.6) is 0 Å². The number of hydrogen-bond donors (Lipinski definition) is 2. The molecule has 20 heavy (non-hydrogen) atoms. The standard InChI is InChI=1S/C13H19N5OS/c1-19-9-2-5-18(6-3-9)8-11-15-12(17-14)10-4-7-20-13(10)16-11/h4,7,9H,2-3,5-6,8,14H2,1H3,(H,15,16,17). The minimum absolute atomic E-state index is 0.396. The van der Waals surface area contributed by atoms with E-state index >= 15 is 0 Å². The second kappa shape index (κ2) is 6.01. The number of piperidine rings is 1. The van der Waals surface area contributed by atoms with Crippen LogP contribution in [0.1, 0.15) is 18.7 Å². The van der Waals surface area contributed by atoms with Crippen LogP contribution in [0.3, 0.4) is 0 Å². The summed E-state index contributed by atoms with van der Waals surface area (Å²) in [6.07, 6.45) is 2.53. The first kappa shape index (κ1) is 13.7. The SMILES string of the molecule is COC1CCN(Cc2nc(NN)c3ccsc3n2)CC1. The maximum absolute atomic E-state index is 5.55. The average molecular weight is 293 g/mol. The molecule has 3 rings (SSSR count). The topological polar surface area (TPSA) is 76.3 Å². The zero-order valence-electron chi connectivity index (χ0n) is 11.5. The summed E-state index contributed by atoms with van der Waals surface area (Å²) in [6, 6.07) is 1.99. The van der Waals surface area contributed by atoms with Crippen LogP contribution in [0.15, 0.2) is 11.4 Å². The quantitative estimate of drug-likeness (QED) is 0.658. The van der Waals surface area contributed by atoms with Crippen molar-refractivity contribution in [1.82, 2.24) is 14.9 Å². The fourth-order valence-electron chi connectivity index (χ4n) is 2.58. The van der Waals surface area contributed by atoms with Crippen LogP contribution in [-0.2, 0) is 11.3 Å². The van der Waals surface area contributed by atoms with Crippen molar-refractivity contribution in [2.45, 2.75) is 25.5 Å². The molecule has 6 nitrogen and oxygen atoms in total. The molecule has 0 saturated carbocycles. The minimum atomic E-state index is 0.396. The third-order valence-corrected chi connectivity index (χ3v) is 4.55. The number of hydrazine groups is 1. The molecule has 0 aliphatic carbocycles. The smallest absolute Gasteiger partial charge is 0.152 e. The van der Waals surface area contributed by atoms with Gasteiger partial charge in [-0.05, 0) is 24.3 Å². The molecule has 1 saturated heterocycles. The van der Waals surface area contributed by atoms with Crippen LogP contribution in [0.2, 0.25) is 0 Å². The van der Waals surface area contributed by atoms with Gasteiger partial charge in [-0.2, -0.15) is 0 Å². The number of likely N-dealkylation sites (tertiary alicyclic amines) is 1. The monoisotopic (exact) mass is 293 g/mol. The Balaban J connectivity index is 1.74. The van der Waals surface area contributed by atoms with Gasteiger partial charge in [-0.25, -0.2) is 15.8 Å².